The molecule has 106 valence electrons. The zero-order valence-corrected chi connectivity index (χ0v) is 12.1. The van der Waals surface area contributed by atoms with Crippen LogP contribution in [0.5, 0.6) is 0 Å². The van der Waals surface area contributed by atoms with Gasteiger partial charge in [-0.25, -0.2) is 0 Å². The molecule has 1 aliphatic rings. The molecular formula is C14H28N2O2. The van der Waals surface area contributed by atoms with E-state index in [4.69, 9.17) is 4.74 Å². The van der Waals surface area contributed by atoms with Crippen LogP contribution in [0.4, 0.5) is 0 Å². The minimum atomic E-state index is -0.149. The van der Waals surface area contributed by atoms with E-state index in [1.165, 1.54) is 39.5 Å². The third-order valence-electron chi connectivity index (χ3n) is 3.95. The van der Waals surface area contributed by atoms with E-state index in [1.807, 2.05) is 6.92 Å². The van der Waals surface area contributed by atoms with Crippen molar-refractivity contribution in [2.24, 2.45) is 5.92 Å². The van der Waals surface area contributed by atoms with Crippen molar-refractivity contribution < 1.29 is 9.53 Å². The smallest absolute Gasteiger partial charge is 0.322 e. The Morgan fingerprint density at radius 3 is 2.56 bits per heavy atom. The molecule has 0 aliphatic carbocycles. The standard InChI is InChI=1S/C14H28N2O2/c1-4-12-6-9-16(10-7-12)11-8-13(15-5-2)14(17)18-3/h12-13,15H,4-11H2,1-3H3. The quantitative estimate of drug-likeness (QED) is 0.703. The van der Waals surface area contributed by atoms with Gasteiger partial charge < -0.3 is 15.0 Å². The van der Waals surface area contributed by atoms with Crippen molar-refractivity contribution in [2.75, 3.05) is 33.3 Å². The molecule has 1 fully saturated rings. The first kappa shape index (κ1) is 15.4. The summed E-state index contributed by atoms with van der Waals surface area (Å²) in [7, 11) is 1.46. The zero-order valence-electron chi connectivity index (χ0n) is 12.1. The molecule has 1 saturated heterocycles. The van der Waals surface area contributed by atoms with Gasteiger partial charge in [0.25, 0.3) is 0 Å². The van der Waals surface area contributed by atoms with Gasteiger partial charge in [-0.2, -0.15) is 0 Å². The second kappa shape index (κ2) is 8.48. The van der Waals surface area contributed by atoms with Gasteiger partial charge >= 0.3 is 5.97 Å². The number of hydrogen-bond acceptors (Lipinski definition) is 4. The molecule has 1 unspecified atom stereocenters. The van der Waals surface area contributed by atoms with Gasteiger partial charge in [-0.3, -0.25) is 4.79 Å². The van der Waals surface area contributed by atoms with E-state index in [1.54, 1.807) is 0 Å². The second-order valence-electron chi connectivity index (χ2n) is 5.12. The summed E-state index contributed by atoms with van der Waals surface area (Å²) in [6.45, 7) is 8.44. The maximum Gasteiger partial charge on any atom is 0.322 e. The summed E-state index contributed by atoms with van der Waals surface area (Å²) >= 11 is 0. The fourth-order valence-electron chi connectivity index (χ4n) is 2.62. The fraction of sp³-hybridized carbons (Fsp3) is 0.929. The topological polar surface area (TPSA) is 41.6 Å². The molecule has 0 spiro atoms. The highest BCUT2D eigenvalue weighted by Crippen LogP contribution is 2.20. The van der Waals surface area contributed by atoms with Crippen molar-refractivity contribution in [3.8, 4) is 0 Å². The van der Waals surface area contributed by atoms with Crippen LogP contribution in [0.2, 0.25) is 0 Å². The van der Waals surface area contributed by atoms with Crippen molar-refractivity contribution in [2.45, 2.75) is 45.6 Å². The third kappa shape index (κ3) is 4.94. The Labute approximate surface area is 111 Å². The normalized spacial score (nSPS) is 19.7. The van der Waals surface area contributed by atoms with E-state index < -0.39 is 0 Å². The van der Waals surface area contributed by atoms with Gasteiger partial charge in [0, 0.05) is 6.54 Å². The number of likely N-dealkylation sites (N-methyl/N-ethyl adjacent to an activating group) is 1. The SMILES string of the molecule is CCNC(CCN1CCC(CC)CC1)C(=O)OC. The summed E-state index contributed by atoms with van der Waals surface area (Å²) in [6, 6.07) is -0.149. The molecule has 1 atom stereocenters. The molecule has 0 aromatic carbocycles. The van der Waals surface area contributed by atoms with Crippen LogP contribution in [-0.2, 0) is 9.53 Å². The summed E-state index contributed by atoms with van der Waals surface area (Å²) < 4.78 is 4.82. The van der Waals surface area contributed by atoms with Gasteiger partial charge in [-0.1, -0.05) is 20.3 Å². The summed E-state index contributed by atoms with van der Waals surface area (Å²) in [5.74, 6) is 0.770. The maximum absolute atomic E-state index is 11.6. The maximum atomic E-state index is 11.6. The lowest BCUT2D eigenvalue weighted by atomic mass is 9.94. The van der Waals surface area contributed by atoms with Gasteiger partial charge in [0.05, 0.1) is 7.11 Å². The highest BCUT2D eigenvalue weighted by molar-refractivity contribution is 5.75. The van der Waals surface area contributed by atoms with Crippen LogP contribution in [0.3, 0.4) is 0 Å². The Kier molecular flexibility index (Phi) is 7.28. The number of nitrogens with zero attached hydrogens (tertiary/aromatic N) is 1. The van der Waals surface area contributed by atoms with Crippen LogP contribution in [0.25, 0.3) is 0 Å². The number of piperidine rings is 1. The van der Waals surface area contributed by atoms with Crippen LogP contribution in [0.15, 0.2) is 0 Å². The van der Waals surface area contributed by atoms with E-state index >= 15 is 0 Å². The molecule has 4 nitrogen and oxygen atoms in total. The Hall–Kier alpha value is -0.610. The van der Waals surface area contributed by atoms with E-state index in [-0.39, 0.29) is 12.0 Å². The Morgan fingerprint density at radius 1 is 1.39 bits per heavy atom. The van der Waals surface area contributed by atoms with Crippen molar-refractivity contribution in [3.05, 3.63) is 0 Å². The van der Waals surface area contributed by atoms with E-state index in [0.29, 0.717) is 0 Å². The van der Waals surface area contributed by atoms with Crippen LogP contribution in [0.1, 0.15) is 39.5 Å². The molecule has 1 heterocycles. The Morgan fingerprint density at radius 2 is 2.06 bits per heavy atom. The van der Waals surface area contributed by atoms with Gasteiger partial charge in [-0.05, 0) is 44.8 Å². The molecule has 4 heteroatoms. The number of ether oxygens (including phenoxy) is 1. The van der Waals surface area contributed by atoms with Gasteiger partial charge in [0.1, 0.15) is 6.04 Å². The van der Waals surface area contributed by atoms with Crippen LogP contribution >= 0.6 is 0 Å². The monoisotopic (exact) mass is 256 g/mol. The highest BCUT2D eigenvalue weighted by Gasteiger charge is 2.21. The molecule has 0 aromatic rings. The number of carbonyl (C=O) groups excluding carboxylic acids is 1. The average molecular weight is 256 g/mol. The fourth-order valence-corrected chi connectivity index (χ4v) is 2.62. The number of methoxy groups -OCH3 is 1. The molecule has 0 radical (unpaired) electrons. The minimum absolute atomic E-state index is 0.139. The number of hydrogen-bond donors (Lipinski definition) is 1. The number of nitrogens with one attached hydrogen (secondary N) is 1. The molecule has 1 aliphatic heterocycles. The summed E-state index contributed by atoms with van der Waals surface area (Å²) in [6.07, 6.45) is 4.76. The van der Waals surface area contributed by atoms with Gasteiger partial charge in [-0.15, -0.1) is 0 Å². The average Bonchev–Trinajstić information content (AvgIpc) is 2.43. The molecule has 0 bridgehead atoms. The molecule has 1 N–H and O–H groups in total. The molecule has 0 amide bonds. The first-order valence-electron chi connectivity index (χ1n) is 7.24. The lowest BCUT2D eigenvalue weighted by Crippen LogP contribution is -2.42. The van der Waals surface area contributed by atoms with Gasteiger partial charge in [0.15, 0.2) is 0 Å². The first-order valence-corrected chi connectivity index (χ1v) is 7.24. The Bertz CT molecular complexity index is 238. The van der Waals surface area contributed by atoms with Crippen molar-refractivity contribution in [3.63, 3.8) is 0 Å². The van der Waals surface area contributed by atoms with E-state index in [2.05, 4.69) is 17.1 Å². The molecular weight excluding hydrogens is 228 g/mol. The molecule has 18 heavy (non-hydrogen) atoms. The number of rotatable bonds is 7. The van der Waals surface area contributed by atoms with Crippen molar-refractivity contribution in [1.82, 2.24) is 10.2 Å². The lowest BCUT2D eigenvalue weighted by molar-refractivity contribution is -0.143. The zero-order chi connectivity index (χ0) is 13.4. The van der Waals surface area contributed by atoms with Crippen LogP contribution in [-0.4, -0.2) is 50.2 Å². The highest BCUT2D eigenvalue weighted by atomic mass is 16.5. The van der Waals surface area contributed by atoms with E-state index in [9.17, 15) is 4.79 Å². The van der Waals surface area contributed by atoms with Crippen LogP contribution < -0.4 is 5.32 Å². The molecule has 0 saturated carbocycles. The number of esters is 1. The number of likely N-dealkylation sites (tertiary alicyclic amines) is 1. The third-order valence-corrected chi connectivity index (χ3v) is 3.95. The predicted molar refractivity (Wildman–Crippen MR) is 73.6 cm³/mol. The summed E-state index contributed by atoms with van der Waals surface area (Å²) in [5, 5.41) is 3.19. The first-order chi connectivity index (χ1) is 8.71. The van der Waals surface area contributed by atoms with Crippen molar-refractivity contribution in [1.29, 1.82) is 0 Å². The second-order valence-corrected chi connectivity index (χ2v) is 5.12. The van der Waals surface area contributed by atoms with Crippen molar-refractivity contribution >= 4 is 5.97 Å². The summed E-state index contributed by atoms with van der Waals surface area (Å²) in [4.78, 5) is 14.0. The molecule has 0 aromatic heterocycles. The largest absolute Gasteiger partial charge is 0.468 e. The minimum Gasteiger partial charge on any atom is -0.468 e. The number of carbonyl (C=O) groups is 1. The van der Waals surface area contributed by atoms with E-state index in [0.717, 1.165) is 25.4 Å². The lowest BCUT2D eigenvalue weighted by Gasteiger charge is -2.32. The predicted octanol–water partition coefficient (Wildman–Crippen LogP) is 1.65. The van der Waals surface area contributed by atoms with Gasteiger partial charge in [0.2, 0.25) is 0 Å². The molecule has 1 rings (SSSR count). The Balaban J connectivity index is 2.27. The summed E-state index contributed by atoms with van der Waals surface area (Å²) in [5.41, 5.74) is 0. The van der Waals surface area contributed by atoms with Crippen LogP contribution in [0, 0.1) is 5.92 Å².